The first-order valence-electron chi connectivity index (χ1n) is 12.7. The van der Waals surface area contributed by atoms with Crippen molar-refractivity contribution < 1.29 is 27.1 Å². The van der Waals surface area contributed by atoms with Crippen LogP contribution in [0.15, 0.2) is 61.1 Å². The molecule has 0 bridgehead atoms. The van der Waals surface area contributed by atoms with Crippen molar-refractivity contribution in [1.29, 1.82) is 0 Å². The number of nitro benzene ring substituents is 1. The maximum atomic E-state index is 10.4. The molecule has 0 amide bonds. The molecule has 0 N–H and O–H groups in total. The van der Waals surface area contributed by atoms with E-state index in [9.17, 15) is 15.2 Å². The van der Waals surface area contributed by atoms with Crippen molar-refractivity contribution in [3.05, 3.63) is 88.3 Å². The van der Waals surface area contributed by atoms with Crippen LogP contribution in [0.3, 0.4) is 0 Å². The molecule has 4 aromatic rings. The molecule has 4 rings (SSSR count). The molecule has 0 aliphatic rings. The molecule has 1 aromatic carbocycles. The molecule has 0 unspecified atom stereocenters. The number of nitro groups is 1. The third kappa shape index (κ3) is 8.06. The van der Waals surface area contributed by atoms with Crippen molar-refractivity contribution in [2.75, 3.05) is 0 Å². The Balaban J connectivity index is 0.000000410. The number of hydrogen-bond acceptors (Lipinski definition) is 6. The standard InChI is InChI=1S/C21H34BN6.C6H5NO3.Cu/c1-19(2,3)16-10-13-26(23-16)22(27-14-11-17(24-27)20(4,5)6)28-15-12-18(25-28)21(7,8)9;8-6-3-1-5(2-4-6)7(9)10;/h10-15,22H,1-9H3;1-4,8H;/q-1;;+2/p-1. The van der Waals surface area contributed by atoms with Crippen molar-refractivity contribution in [1.82, 2.24) is 29.1 Å². The van der Waals surface area contributed by atoms with Crippen LogP contribution in [0.1, 0.15) is 79.4 Å². The Morgan fingerprint density at radius 1 is 0.641 bits per heavy atom. The number of non-ortho nitro benzene ring substituents is 1. The predicted molar refractivity (Wildman–Crippen MR) is 149 cm³/mol. The SMILES string of the molecule is CC(C)(C)c1ccn([BH-](n2ccc(C(C)(C)C)n2)n2ccc(C(C)(C)C)n2)n1.O=[N+]([O-])c1ccc([O-])cc1.[Cu+2]. The molecule has 39 heavy (non-hydrogen) atoms. The molecule has 0 atom stereocenters. The van der Waals surface area contributed by atoms with Gasteiger partial charge < -0.3 is 18.9 Å². The molecule has 0 saturated carbocycles. The fourth-order valence-corrected chi connectivity index (χ4v) is 3.77. The molecule has 0 aliphatic carbocycles. The molecular weight excluding hydrogens is 545 g/mol. The van der Waals surface area contributed by atoms with E-state index in [1.807, 2.05) is 13.8 Å². The molecule has 0 aliphatic heterocycles. The van der Waals surface area contributed by atoms with Gasteiger partial charge in [-0.25, -0.2) is 15.3 Å². The van der Waals surface area contributed by atoms with Crippen molar-refractivity contribution in [2.24, 2.45) is 0 Å². The van der Waals surface area contributed by atoms with Crippen molar-refractivity contribution in [2.45, 2.75) is 78.6 Å². The Bertz CT molecular complexity index is 1250. The fraction of sp³-hybridized carbons (Fsp3) is 0.444. The number of benzene rings is 1. The van der Waals surface area contributed by atoms with Crippen LogP contribution in [0, 0.1) is 10.1 Å². The summed E-state index contributed by atoms with van der Waals surface area (Å²) in [7, 11) is -1.34. The first kappa shape index (κ1) is 31.8. The normalized spacial score (nSPS) is 12.1. The molecule has 3 aromatic heterocycles. The summed E-state index contributed by atoms with van der Waals surface area (Å²) in [6.07, 6.45) is 6.16. The second kappa shape index (κ2) is 11.8. The molecule has 213 valence electrons. The molecule has 0 saturated heterocycles. The molecule has 12 heteroatoms. The summed E-state index contributed by atoms with van der Waals surface area (Å²) >= 11 is 0. The van der Waals surface area contributed by atoms with Gasteiger partial charge in [0.1, 0.15) is 0 Å². The van der Waals surface area contributed by atoms with E-state index < -0.39 is 12.0 Å². The number of aromatic nitrogens is 6. The van der Waals surface area contributed by atoms with Gasteiger partial charge in [-0.3, -0.25) is 10.1 Å². The van der Waals surface area contributed by atoms with Crippen LogP contribution in [-0.4, -0.2) is 41.1 Å². The quantitative estimate of drug-likeness (QED) is 0.199. The van der Waals surface area contributed by atoms with Gasteiger partial charge in [0.05, 0.1) is 22.0 Å². The Kier molecular flexibility index (Phi) is 9.63. The van der Waals surface area contributed by atoms with Crippen LogP contribution < -0.4 is 5.11 Å². The largest absolute Gasteiger partial charge is 2.00 e. The minimum atomic E-state index is -1.34. The van der Waals surface area contributed by atoms with E-state index >= 15 is 0 Å². The second-order valence-electron chi connectivity index (χ2n) is 12.6. The molecule has 1 radical (unpaired) electrons. The first-order valence-corrected chi connectivity index (χ1v) is 12.7. The third-order valence-electron chi connectivity index (χ3n) is 6.14. The van der Waals surface area contributed by atoms with Crippen LogP contribution in [0.4, 0.5) is 5.69 Å². The summed E-state index contributed by atoms with van der Waals surface area (Å²) in [6, 6.07) is 11.0. The number of hydrogen-bond donors (Lipinski definition) is 0. The van der Waals surface area contributed by atoms with Crippen molar-refractivity contribution >= 4 is 12.8 Å². The van der Waals surface area contributed by atoms with Gasteiger partial charge in [0, 0.05) is 28.4 Å². The molecule has 0 fully saturated rings. The van der Waals surface area contributed by atoms with Gasteiger partial charge in [-0.15, -0.1) is 5.75 Å². The van der Waals surface area contributed by atoms with E-state index in [0.717, 1.165) is 29.2 Å². The first-order chi connectivity index (χ1) is 17.5. The molecular formula is C27H38BCuN7O3. The zero-order chi connectivity index (χ0) is 28.5. The van der Waals surface area contributed by atoms with Gasteiger partial charge in [0.15, 0.2) is 0 Å². The maximum Gasteiger partial charge on any atom is 2.00 e. The van der Waals surface area contributed by atoms with Gasteiger partial charge in [-0.1, -0.05) is 74.4 Å². The Hall–Kier alpha value is -3.37. The Morgan fingerprint density at radius 3 is 1.18 bits per heavy atom. The average Bonchev–Trinajstić information content (AvgIpc) is 3.55. The van der Waals surface area contributed by atoms with E-state index in [-0.39, 0.29) is 44.8 Å². The van der Waals surface area contributed by atoms with Gasteiger partial charge in [0.25, 0.3) is 5.69 Å². The van der Waals surface area contributed by atoms with Crippen molar-refractivity contribution in [3.8, 4) is 5.75 Å². The van der Waals surface area contributed by atoms with E-state index in [0.29, 0.717) is 0 Å². The minimum Gasteiger partial charge on any atom is -0.872 e. The zero-order valence-electron chi connectivity index (χ0n) is 24.1. The Morgan fingerprint density at radius 2 is 0.949 bits per heavy atom. The van der Waals surface area contributed by atoms with Crippen LogP contribution >= 0.6 is 0 Å². The van der Waals surface area contributed by atoms with Crippen LogP contribution in [0.25, 0.3) is 0 Å². The minimum absolute atomic E-state index is 0. The van der Waals surface area contributed by atoms with E-state index in [4.69, 9.17) is 15.3 Å². The molecule has 0 spiro atoms. The Labute approximate surface area is 241 Å². The molecule has 10 nitrogen and oxygen atoms in total. The summed E-state index contributed by atoms with van der Waals surface area (Å²) in [5, 5.41) is 35.2. The number of nitrogens with zero attached hydrogens (tertiary/aromatic N) is 7. The summed E-state index contributed by atoms with van der Waals surface area (Å²) < 4.78 is 6.08. The zero-order valence-corrected chi connectivity index (χ0v) is 25.1. The monoisotopic (exact) mass is 582 g/mol. The van der Waals surface area contributed by atoms with Crippen molar-refractivity contribution in [3.63, 3.8) is 0 Å². The smallest absolute Gasteiger partial charge is 0.872 e. The van der Waals surface area contributed by atoms with Gasteiger partial charge in [-0.05, 0) is 36.8 Å². The summed E-state index contributed by atoms with van der Waals surface area (Å²) in [5.41, 5.74) is 3.13. The maximum absolute atomic E-state index is 10.4. The van der Waals surface area contributed by atoms with Gasteiger partial charge in [0.2, 0.25) is 0 Å². The fourth-order valence-electron chi connectivity index (χ4n) is 3.77. The summed E-state index contributed by atoms with van der Waals surface area (Å²) in [4.78, 5) is 9.47. The molecule has 3 heterocycles. The van der Waals surface area contributed by atoms with E-state index in [2.05, 4.69) is 99.1 Å². The summed E-state index contributed by atoms with van der Waals surface area (Å²) in [5.74, 6) is -0.217. The van der Waals surface area contributed by atoms with E-state index in [1.54, 1.807) is 0 Å². The topological polar surface area (TPSA) is 120 Å². The summed E-state index contributed by atoms with van der Waals surface area (Å²) in [6.45, 7) is 19.6. The number of rotatable bonds is 4. The van der Waals surface area contributed by atoms with Gasteiger partial charge in [-0.2, -0.15) is 0 Å². The van der Waals surface area contributed by atoms with Crippen LogP contribution in [0.2, 0.25) is 0 Å². The van der Waals surface area contributed by atoms with E-state index in [1.165, 1.54) is 12.1 Å². The average molecular weight is 583 g/mol. The third-order valence-corrected chi connectivity index (χ3v) is 6.14. The second-order valence-corrected chi connectivity index (χ2v) is 12.6. The van der Waals surface area contributed by atoms with Crippen LogP contribution in [-0.2, 0) is 33.3 Å². The van der Waals surface area contributed by atoms with Gasteiger partial charge >= 0.3 is 24.2 Å². The van der Waals surface area contributed by atoms with Crippen LogP contribution in [0.5, 0.6) is 5.75 Å². The predicted octanol–water partition coefficient (Wildman–Crippen LogP) is 4.50.